The third kappa shape index (κ3) is 4.83. The van der Waals surface area contributed by atoms with Crippen LogP contribution in [0.2, 0.25) is 5.02 Å². The van der Waals surface area contributed by atoms with Crippen LogP contribution >= 0.6 is 11.6 Å². The number of aromatic amines is 1. The molecule has 1 heterocycles. The highest BCUT2D eigenvalue weighted by Gasteiger charge is 2.15. The summed E-state index contributed by atoms with van der Waals surface area (Å²) in [5.41, 5.74) is 4.17. The first kappa shape index (κ1) is 19.7. The molecule has 0 saturated heterocycles. The predicted octanol–water partition coefficient (Wildman–Crippen LogP) is 3.98. The predicted molar refractivity (Wildman–Crippen MR) is 110 cm³/mol. The summed E-state index contributed by atoms with van der Waals surface area (Å²) in [6, 6.07) is 13.0. The van der Waals surface area contributed by atoms with Crippen LogP contribution < -0.4 is 9.46 Å². The van der Waals surface area contributed by atoms with Gasteiger partial charge in [0.2, 0.25) is 10.0 Å². The van der Waals surface area contributed by atoms with E-state index in [1.165, 1.54) is 0 Å². The van der Waals surface area contributed by atoms with Gasteiger partial charge in [-0.2, -0.15) is 0 Å². The average molecular weight is 407 g/mol. The van der Waals surface area contributed by atoms with Crippen molar-refractivity contribution in [1.82, 2.24) is 9.71 Å². The number of sulfonamides is 1. The van der Waals surface area contributed by atoms with Gasteiger partial charge in [-0.3, -0.25) is 0 Å². The lowest BCUT2D eigenvalue weighted by molar-refractivity contribution is 0.340. The summed E-state index contributed by atoms with van der Waals surface area (Å²) in [4.78, 5) is 3.35. The van der Waals surface area contributed by atoms with Crippen molar-refractivity contribution in [3.63, 3.8) is 0 Å². The third-order valence-electron chi connectivity index (χ3n) is 4.49. The topological polar surface area (TPSA) is 71.2 Å². The lowest BCUT2D eigenvalue weighted by atomic mass is 10.1. The fraction of sp³-hybridized carbons (Fsp3) is 0.300. The zero-order chi connectivity index (χ0) is 19.4. The molecule has 0 saturated carbocycles. The number of hydrogen-bond donors (Lipinski definition) is 2. The Hall–Kier alpha value is -2.02. The van der Waals surface area contributed by atoms with Gasteiger partial charge < -0.3 is 9.72 Å². The van der Waals surface area contributed by atoms with E-state index in [4.69, 9.17) is 16.3 Å². The van der Waals surface area contributed by atoms with Gasteiger partial charge >= 0.3 is 0 Å². The monoisotopic (exact) mass is 406 g/mol. The normalized spacial score (nSPS) is 11.8. The molecule has 5 nitrogen and oxygen atoms in total. The molecule has 0 amide bonds. The summed E-state index contributed by atoms with van der Waals surface area (Å²) in [7, 11) is -3.41. The van der Waals surface area contributed by atoms with Crippen LogP contribution in [0.5, 0.6) is 5.75 Å². The SMILES string of the molecule is Cc1[nH]c2c(C)ccc(Cl)c2c1CCNS(=O)(=O)CCOc1ccccc1. The van der Waals surface area contributed by atoms with Crippen LogP contribution in [0.4, 0.5) is 0 Å². The summed E-state index contributed by atoms with van der Waals surface area (Å²) in [6.45, 7) is 4.42. The second-order valence-corrected chi connectivity index (χ2v) is 8.80. The van der Waals surface area contributed by atoms with Crippen molar-refractivity contribution < 1.29 is 13.2 Å². The van der Waals surface area contributed by atoms with Crippen LogP contribution in [0.1, 0.15) is 16.8 Å². The molecule has 3 aromatic rings. The van der Waals surface area contributed by atoms with E-state index in [0.29, 0.717) is 23.7 Å². The maximum absolute atomic E-state index is 12.2. The molecule has 2 aromatic carbocycles. The summed E-state index contributed by atoms with van der Waals surface area (Å²) in [5, 5.41) is 1.65. The van der Waals surface area contributed by atoms with Gasteiger partial charge in [0.25, 0.3) is 0 Å². The zero-order valence-corrected chi connectivity index (χ0v) is 17.0. The molecule has 0 aliphatic heterocycles. The highest BCUT2D eigenvalue weighted by atomic mass is 35.5. The minimum absolute atomic E-state index is 0.0887. The molecule has 0 fully saturated rings. The Morgan fingerprint density at radius 1 is 1.11 bits per heavy atom. The number of aromatic nitrogens is 1. The number of benzene rings is 2. The molecule has 144 valence electrons. The number of aryl methyl sites for hydroxylation is 2. The summed E-state index contributed by atoms with van der Waals surface area (Å²) in [6.07, 6.45) is 0.563. The third-order valence-corrected chi connectivity index (χ3v) is 6.15. The first-order valence-electron chi connectivity index (χ1n) is 8.79. The Balaban J connectivity index is 1.58. The van der Waals surface area contributed by atoms with Crippen LogP contribution in [0.25, 0.3) is 10.9 Å². The lowest BCUT2D eigenvalue weighted by Crippen LogP contribution is -2.30. The van der Waals surface area contributed by atoms with Crippen LogP contribution in [-0.4, -0.2) is 32.3 Å². The van der Waals surface area contributed by atoms with Crippen molar-refractivity contribution in [2.45, 2.75) is 20.3 Å². The number of para-hydroxylation sites is 1. The van der Waals surface area contributed by atoms with Crippen LogP contribution in [-0.2, 0) is 16.4 Å². The number of fused-ring (bicyclic) bond motifs is 1. The standard InChI is InChI=1S/C20H23ClN2O3S/c1-14-8-9-18(21)19-17(15(2)23-20(14)19)10-11-22-27(24,25)13-12-26-16-6-4-3-5-7-16/h3-9,22-23H,10-13H2,1-2H3. The molecule has 0 aliphatic rings. The number of halogens is 1. The zero-order valence-electron chi connectivity index (χ0n) is 15.4. The second kappa shape index (κ2) is 8.33. The molecule has 0 bridgehead atoms. The fourth-order valence-electron chi connectivity index (χ4n) is 3.09. The van der Waals surface area contributed by atoms with Gasteiger partial charge in [-0.05, 0) is 49.6 Å². The van der Waals surface area contributed by atoms with Gasteiger partial charge in [0, 0.05) is 17.6 Å². The molecular formula is C20H23ClN2O3S. The first-order chi connectivity index (χ1) is 12.9. The van der Waals surface area contributed by atoms with Gasteiger partial charge in [-0.25, -0.2) is 13.1 Å². The fourth-order valence-corrected chi connectivity index (χ4v) is 4.22. The Kier molecular flexibility index (Phi) is 6.09. The van der Waals surface area contributed by atoms with Gasteiger partial charge in [0.05, 0.1) is 16.3 Å². The van der Waals surface area contributed by atoms with E-state index < -0.39 is 10.0 Å². The molecule has 0 unspecified atom stereocenters. The Morgan fingerprint density at radius 2 is 1.85 bits per heavy atom. The van der Waals surface area contributed by atoms with E-state index in [1.54, 1.807) is 12.1 Å². The number of nitrogens with one attached hydrogen (secondary N) is 2. The molecule has 2 N–H and O–H groups in total. The van der Waals surface area contributed by atoms with E-state index >= 15 is 0 Å². The lowest BCUT2D eigenvalue weighted by Gasteiger charge is -2.09. The Morgan fingerprint density at radius 3 is 2.59 bits per heavy atom. The molecular weight excluding hydrogens is 384 g/mol. The maximum atomic E-state index is 12.2. The van der Waals surface area contributed by atoms with Crippen molar-refractivity contribution in [1.29, 1.82) is 0 Å². The van der Waals surface area contributed by atoms with Gasteiger partial charge in [0.1, 0.15) is 12.4 Å². The quantitative estimate of drug-likeness (QED) is 0.594. The van der Waals surface area contributed by atoms with E-state index in [2.05, 4.69) is 9.71 Å². The van der Waals surface area contributed by atoms with Crippen molar-refractivity contribution >= 4 is 32.5 Å². The van der Waals surface area contributed by atoms with E-state index in [1.807, 2.05) is 44.2 Å². The first-order valence-corrected chi connectivity index (χ1v) is 10.8. The van der Waals surface area contributed by atoms with Crippen LogP contribution in [0.15, 0.2) is 42.5 Å². The molecule has 27 heavy (non-hydrogen) atoms. The Labute approximate surface area is 164 Å². The minimum atomic E-state index is -3.41. The highest BCUT2D eigenvalue weighted by Crippen LogP contribution is 2.31. The molecule has 0 aliphatic carbocycles. The largest absolute Gasteiger partial charge is 0.492 e. The van der Waals surface area contributed by atoms with E-state index in [-0.39, 0.29) is 12.4 Å². The highest BCUT2D eigenvalue weighted by molar-refractivity contribution is 7.89. The molecule has 0 spiro atoms. The molecule has 0 radical (unpaired) electrons. The van der Waals surface area contributed by atoms with Crippen molar-refractivity contribution in [2.75, 3.05) is 18.9 Å². The van der Waals surface area contributed by atoms with Crippen LogP contribution in [0, 0.1) is 13.8 Å². The Bertz CT molecular complexity index is 1030. The molecule has 3 rings (SSSR count). The van der Waals surface area contributed by atoms with Crippen molar-refractivity contribution in [3.8, 4) is 5.75 Å². The summed E-state index contributed by atoms with van der Waals surface area (Å²) in [5.74, 6) is 0.571. The van der Waals surface area contributed by atoms with Gasteiger partial charge in [0.15, 0.2) is 0 Å². The summed E-state index contributed by atoms with van der Waals surface area (Å²) >= 11 is 6.37. The van der Waals surface area contributed by atoms with Crippen molar-refractivity contribution in [2.24, 2.45) is 0 Å². The number of hydrogen-bond acceptors (Lipinski definition) is 3. The minimum Gasteiger partial charge on any atom is -0.492 e. The van der Waals surface area contributed by atoms with Gasteiger partial charge in [-0.1, -0.05) is 35.9 Å². The van der Waals surface area contributed by atoms with E-state index in [9.17, 15) is 8.42 Å². The maximum Gasteiger partial charge on any atom is 0.214 e. The van der Waals surface area contributed by atoms with E-state index in [0.717, 1.165) is 27.7 Å². The summed E-state index contributed by atoms with van der Waals surface area (Å²) < 4.78 is 32.5. The molecule has 1 aromatic heterocycles. The van der Waals surface area contributed by atoms with Gasteiger partial charge in [-0.15, -0.1) is 0 Å². The van der Waals surface area contributed by atoms with Crippen LogP contribution in [0.3, 0.4) is 0 Å². The molecule has 7 heteroatoms. The molecule has 0 atom stereocenters. The smallest absolute Gasteiger partial charge is 0.214 e. The second-order valence-electron chi connectivity index (χ2n) is 6.47. The number of rotatable bonds is 8. The number of H-pyrrole nitrogens is 1. The average Bonchev–Trinajstić information content (AvgIpc) is 2.97. The number of ether oxygens (including phenoxy) is 1. The van der Waals surface area contributed by atoms with Crippen molar-refractivity contribution in [3.05, 3.63) is 64.3 Å².